The number of aromatic nitrogens is 2. The van der Waals surface area contributed by atoms with Crippen LogP contribution in [0.3, 0.4) is 0 Å². The molecule has 1 aromatic carbocycles. The van der Waals surface area contributed by atoms with Crippen LogP contribution < -0.4 is 5.32 Å². The van der Waals surface area contributed by atoms with Gasteiger partial charge in [0.05, 0.1) is 23.3 Å². The van der Waals surface area contributed by atoms with E-state index in [-0.39, 0.29) is 30.2 Å². The van der Waals surface area contributed by atoms with E-state index in [0.717, 1.165) is 37.0 Å². The molecule has 7 heteroatoms. The molecule has 0 radical (unpaired) electrons. The lowest BCUT2D eigenvalue weighted by molar-refractivity contribution is -0.133. The first-order valence-electron chi connectivity index (χ1n) is 10.1. The fourth-order valence-corrected chi connectivity index (χ4v) is 3.82. The first kappa shape index (κ1) is 19.2. The van der Waals surface area contributed by atoms with Crippen molar-refractivity contribution >= 4 is 22.8 Å². The van der Waals surface area contributed by atoms with E-state index in [1.54, 1.807) is 12.1 Å². The normalized spacial score (nSPS) is 16.1. The number of fused-ring (bicyclic) bond motifs is 1. The number of amides is 2. The van der Waals surface area contributed by atoms with Gasteiger partial charge < -0.3 is 19.2 Å². The molecule has 1 aliphatic heterocycles. The third-order valence-corrected chi connectivity index (χ3v) is 5.59. The Labute approximate surface area is 169 Å². The van der Waals surface area contributed by atoms with Crippen LogP contribution in [0.4, 0.5) is 0 Å². The van der Waals surface area contributed by atoms with E-state index in [1.165, 1.54) is 6.26 Å². The molecule has 2 aromatic heterocycles. The third-order valence-electron chi connectivity index (χ3n) is 5.59. The van der Waals surface area contributed by atoms with Crippen LogP contribution >= 0.6 is 0 Å². The highest BCUT2D eigenvalue weighted by Gasteiger charge is 2.25. The maximum atomic E-state index is 13.0. The Morgan fingerprint density at radius 3 is 2.69 bits per heavy atom. The molecule has 1 atom stereocenters. The predicted molar refractivity (Wildman–Crippen MR) is 109 cm³/mol. The molecule has 1 N–H and O–H groups in total. The SMILES string of the molecule is CC1CCN(C(=O)Cn2c([C@H](C)NC(=O)c3ccco3)nc3ccccc32)CC1. The Hall–Kier alpha value is -3.09. The molecular weight excluding hydrogens is 368 g/mol. The average Bonchev–Trinajstić information content (AvgIpc) is 3.37. The lowest BCUT2D eigenvalue weighted by Crippen LogP contribution is -2.40. The van der Waals surface area contributed by atoms with E-state index < -0.39 is 0 Å². The van der Waals surface area contributed by atoms with E-state index in [9.17, 15) is 9.59 Å². The molecule has 0 saturated carbocycles. The Kier molecular flexibility index (Phi) is 5.38. The smallest absolute Gasteiger partial charge is 0.287 e. The molecule has 0 unspecified atom stereocenters. The lowest BCUT2D eigenvalue weighted by atomic mass is 9.99. The van der Waals surface area contributed by atoms with E-state index in [2.05, 4.69) is 12.2 Å². The largest absolute Gasteiger partial charge is 0.459 e. The second-order valence-electron chi connectivity index (χ2n) is 7.78. The molecule has 2 amide bonds. The van der Waals surface area contributed by atoms with Gasteiger partial charge in [0.2, 0.25) is 5.91 Å². The Morgan fingerprint density at radius 2 is 1.97 bits per heavy atom. The fraction of sp³-hybridized carbons (Fsp3) is 0.409. The maximum Gasteiger partial charge on any atom is 0.287 e. The molecule has 7 nitrogen and oxygen atoms in total. The summed E-state index contributed by atoms with van der Waals surface area (Å²) >= 11 is 0. The molecule has 0 bridgehead atoms. The molecule has 1 fully saturated rings. The number of piperidine rings is 1. The summed E-state index contributed by atoms with van der Waals surface area (Å²) in [5, 5.41) is 2.92. The van der Waals surface area contributed by atoms with Crippen molar-refractivity contribution in [3.63, 3.8) is 0 Å². The number of para-hydroxylation sites is 2. The minimum atomic E-state index is -0.380. The number of nitrogens with zero attached hydrogens (tertiary/aromatic N) is 3. The average molecular weight is 394 g/mol. The van der Waals surface area contributed by atoms with Crippen molar-refractivity contribution in [1.29, 1.82) is 0 Å². The molecule has 1 aliphatic rings. The van der Waals surface area contributed by atoms with Crippen molar-refractivity contribution in [2.24, 2.45) is 5.92 Å². The topological polar surface area (TPSA) is 80.4 Å². The van der Waals surface area contributed by atoms with Gasteiger partial charge >= 0.3 is 0 Å². The standard InChI is InChI=1S/C22H26N4O3/c1-15-9-11-25(12-10-15)20(27)14-26-18-7-4-3-6-17(18)24-21(26)16(2)23-22(28)19-8-5-13-29-19/h3-8,13,15-16H,9-12,14H2,1-2H3,(H,23,28)/t16-/m0/s1. The van der Waals surface area contributed by atoms with Crippen LogP contribution in [-0.2, 0) is 11.3 Å². The van der Waals surface area contributed by atoms with Crippen LogP contribution in [0.5, 0.6) is 0 Å². The molecule has 3 aromatic rings. The Bertz CT molecular complexity index is 1000. The summed E-state index contributed by atoms with van der Waals surface area (Å²) in [5.41, 5.74) is 1.70. The van der Waals surface area contributed by atoms with E-state index in [0.29, 0.717) is 11.7 Å². The lowest BCUT2D eigenvalue weighted by Gasteiger charge is -2.30. The zero-order chi connectivity index (χ0) is 20.4. The van der Waals surface area contributed by atoms with Crippen molar-refractivity contribution in [3.8, 4) is 0 Å². The summed E-state index contributed by atoms with van der Waals surface area (Å²) in [6, 6.07) is 10.6. The zero-order valence-corrected chi connectivity index (χ0v) is 16.8. The van der Waals surface area contributed by atoms with Crippen molar-refractivity contribution in [2.45, 2.75) is 39.3 Å². The zero-order valence-electron chi connectivity index (χ0n) is 16.8. The predicted octanol–water partition coefficient (Wildman–Crippen LogP) is 3.38. The van der Waals surface area contributed by atoms with Gasteiger partial charge in [-0.2, -0.15) is 0 Å². The van der Waals surface area contributed by atoms with Gasteiger partial charge in [-0.15, -0.1) is 0 Å². The minimum absolute atomic E-state index is 0.0888. The van der Waals surface area contributed by atoms with Crippen LogP contribution in [0.2, 0.25) is 0 Å². The van der Waals surface area contributed by atoms with Crippen LogP contribution in [-0.4, -0.2) is 39.4 Å². The number of carbonyl (C=O) groups excluding carboxylic acids is 2. The summed E-state index contributed by atoms with van der Waals surface area (Å²) in [5.74, 6) is 1.35. The fourth-order valence-electron chi connectivity index (χ4n) is 3.82. The van der Waals surface area contributed by atoms with Crippen LogP contribution in [0.15, 0.2) is 47.1 Å². The third kappa shape index (κ3) is 4.04. The van der Waals surface area contributed by atoms with Crippen LogP contribution in [0.25, 0.3) is 11.0 Å². The number of furan rings is 1. The number of carbonyl (C=O) groups is 2. The molecular formula is C22H26N4O3. The van der Waals surface area contributed by atoms with Crippen LogP contribution in [0, 0.1) is 5.92 Å². The van der Waals surface area contributed by atoms with Crippen molar-refractivity contribution < 1.29 is 14.0 Å². The van der Waals surface area contributed by atoms with Crippen molar-refractivity contribution in [3.05, 3.63) is 54.2 Å². The first-order chi connectivity index (χ1) is 14.0. The quantitative estimate of drug-likeness (QED) is 0.719. The highest BCUT2D eigenvalue weighted by molar-refractivity contribution is 5.91. The summed E-state index contributed by atoms with van der Waals surface area (Å²) < 4.78 is 7.09. The second-order valence-corrected chi connectivity index (χ2v) is 7.78. The summed E-state index contributed by atoms with van der Waals surface area (Å²) in [6.45, 7) is 5.91. The highest BCUT2D eigenvalue weighted by Crippen LogP contribution is 2.23. The number of imidazole rings is 1. The summed E-state index contributed by atoms with van der Waals surface area (Å²) in [6.07, 6.45) is 3.55. The molecule has 4 rings (SSSR count). The van der Waals surface area contributed by atoms with Gasteiger partial charge in [0.25, 0.3) is 5.91 Å². The van der Waals surface area contributed by atoms with Gasteiger partial charge in [0.15, 0.2) is 5.76 Å². The molecule has 29 heavy (non-hydrogen) atoms. The van der Waals surface area contributed by atoms with Crippen LogP contribution in [0.1, 0.15) is 49.1 Å². The van der Waals surface area contributed by atoms with E-state index in [4.69, 9.17) is 9.40 Å². The van der Waals surface area contributed by atoms with E-state index in [1.807, 2.05) is 40.7 Å². The maximum absolute atomic E-state index is 13.0. The van der Waals surface area contributed by atoms with E-state index >= 15 is 0 Å². The van der Waals surface area contributed by atoms with Crippen molar-refractivity contribution in [2.75, 3.05) is 13.1 Å². The number of rotatable bonds is 5. The van der Waals surface area contributed by atoms with Gasteiger partial charge in [-0.3, -0.25) is 9.59 Å². The minimum Gasteiger partial charge on any atom is -0.459 e. The van der Waals surface area contributed by atoms with Gasteiger partial charge in [-0.25, -0.2) is 4.98 Å². The summed E-state index contributed by atoms with van der Waals surface area (Å²) in [7, 11) is 0. The highest BCUT2D eigenvalue weighted by atomic mass is 16.3. The van der Waals surface area contributed by atoms with Gasteiger partial charge in [0.1, 0.15) is 12.4 Å². The summed E-state index contributed by atoms with van der Waals surface area (Å²) in [4.78, 5) is 32.0. The van der Waals surface area contributed by atoms with Crippen molar-refractivity contribution in [1.82, 2.24) is 19.8 Å². The number of benzene rings is 1. The van der Waals surface area contributed by atoms with Gasteiger partial charge in [0, 0.05) is 13.1 Å². The molecule has 152 valence electrons. The molecule has 3 heterocycles. The number of likely N-dealkylation sites (tertiary alicyclic amines) is 1. The first-order valence-corrected chi connectivity index (χ1v) is 10.1. The van der Waals surface area contributed by atoms with Gasteiger partial charge in [-0.05, 0) is 49.9 Å². The second kappa shape index (κ2) is 8.11. The molecule has 1 saturated heterocycles. The Morgan fingerprint density at radius 1 is 1.21 bits per heavy atom. The Balaban J connectivity index is 1.58. The molecule has 0 spiro atoms. The number of hydrogen-bond acceptors (Lipinski definition) is 4. The number of nitrogens with one attached hydrogen (secondary N) is 1. The van der Waals surface area contributed by atoms with Gasteiger partial charge in [-0.1, -0.05) is 19.1 Å². The monoisotopic (exact) mass is 394 g/mol. The molecule has 0 aliphatic carbocycles. The number of hydrogen-bond donors (Lipinski definition) is 1.